The minimum Gasteiger partial charge on any atom is -0.451 e. The van der Waals surface area contributed by atoms with E-state index in [2.05, 4.69) is 5.10 Å². The van der Waals surface area contributed by atoms with Crippen molar-refractivity contribution in [1.29, 1.82) is 0 Å². The molecule has 118 valence electrons. The number of aromatic nitrogens is 2. The van der Waals surface area contributed by atoms with Crippen LogP contribution in [0.2, 0.25) is 0 Å². The molecule has 1 aliphatic heterocycles. The van der Waals surface area contributed by atoms with Crippen molar-refractivity contribution in [3.05, 3.63) is 54.0 Å². The van der Waals surface area contributed by atoms with Gasteiger partial charge in [0.15, 0.2) is 5.76 Å². The summed E-state index contributed by atoms with van der Waals surface area (Å²) < 4.78 is 7.70. The summed E-state index contributed by atoms with van der Waals surface area (Å²) in [5, 5.41) is 5.29. The zero-order valence-electron chi connectivity index (χ0n) is 13.1. The van der Waals surface area contributed by atoms with Crippen LogP contribution < -0.4 is 0 Å². The molecule has 1 aromatic carbocycles. The number of furan rings is 1. The van der Waals surface area contributed by atoms with Gasteiger partial charge >= 0.3 is 0 Å². The Kier molecular flexibility index (Phi) is 3.41. The highest BCUT2D eigenvalue weighted by Gasteiger charge is 2.27. The van der Waals surface area contributed by atoms with Crippen molar-refractivity contribution >= 4 is 16.9 Å². The second kappa shape index (κ2) is 5.57. The van der Waals surface area contributed by atoms with Crippen LogP contribution in [0.3, 0.4) is 0 Å². The predicted octanol–water partition coefficient (Wildman–Crippen LogP) is 3.42. The van der Waals surface area contributed by atoms with Crippen LogP contribution in [-0.2, 0) is 0 Å². The maximum absolute atomic E-state index is 12.8. The summed E-state index contributed by atoms with van der Waals surface area (Å²) in [4.78, 5) is 14.6. The molecule has 1 amide bonds. The third kappa shape index (κ3) is 2.63. The van der Waals surface area contributed by atoms with Gasteiger partial charge in [-0.05, 0) is 44.0 Å². The van der Waals surface area contributed by atoms with Gasteiger partial charge in [-0.15, -0.1) is 0 Å². The van der Waals surface area contributed by atoms with Crippen molar-refractivity contribution < 1.29 is 9.21 Å². The summed E-state index contributed by atoms with van der Waals surface area (Å²) in [6.45, 7) is 3.48. The number of piperidine rings is 1. The quantitative estimate of drug-likeness (QED) is 0.729. The first kappa shape index (κ1) is 14.1. The van der Waals surface area contributed by atoms with Crippen molar-refractivity contribution in [3.8, 4) is 0 Å². The van der Waals surface area contributed by atoms with Gasteiger partial charge in [-0.3, -0.25) is 9.48 Å². The van der Waals surface area contributed by atoms with Crippen LogP contribution >= 0.6 is 0 Å². The molecule has 0 N–H and O–H groups in total. The van der Waals surface area contributed by atoms with E-state index < -0.39 is 0 Å². The maximum Gasteiger partial charge on any atom is 0.289 e. The molecular formula is C18H19N3O2. The summed E-state index contributed by atoms with van der Waals surface area (Å²) in [6.07, 6.45) is 5.77. The number of carbonyl (C=O) groups is 1. The molecule has 23 heavy (non-hydrogen) atoms. The average Bonchev–Trinajstić information content (AvgIpc) is 3.23. The number of nitrogens with zero attached hydrogens (tertiary/aromatic N) is 3. The lowest BCUT2D eigenvalue weighted by atomic mass is 10.1. The summed E-state index contributed by atoms with van der Waals surface area (Å²) in [5.74, 6) is 0.391. The summed E-state index contributed by atoms with van der Waals surface area (Å²) in [6, 6.07) is 9.97. The third-order valence-corrected chi connectivity index (χ3v) is 4.47. The smallest absolute Gasteiger partial charge is 0.289 e. The Morgan fingerprint density at radius 1 is 1.35 bits per heavy atom. The summed E-state index contributed by atoms with van der Waals surface area (Å²) in [7, 11) is 0. The van der Waals surface area contributed by atoms with Crippen molar-refractivity contribution in [2.24, 2.45) is 0 Å². The Hall–Kier alpha value is -2.56. The van der Waals surface area contributed by atoms with E-state index in [1.807, 2.05) is 53.0 Å². The Morgan fingerprint density at radius 3 is 3.09 bits per heavy atom. The Bertz CT molecular complexity index is 835. The van der Waals surface area contributed by atoms with Gasteiger partial charge in [0.25, 0.3) is 5.91 Å². The lowest BCUT2D eigenvalue weighted by molar-refractivity contribution is 0.0643. The molecule has 0 bridgehead atoms. The molecule has 0 unspecified atom stereocenters. The first-order valence-corrected chi connectivity index (χ1v) is 7.99. The number of amides is 1. The monoisotopic (exact) mass is 309 g/mol. The van der Waals surface area contributed by atoms with E-state index in [0.29, 0.717) is 12.3 Å². The zero-order chi connectivity index (χ0) is 15.8. The standard InChI is InChI=1S/C18H19N3O2/c1-13-5-6-16-14(10-13)11-17(23-16)18(22)20-8-2-4-15(12-20)21-9-3-7-19-21/h3,5-7,9-11,15H,2,4,8,12H2,1H3/t15-/m0/s1. The molecule has 3 aromatic rings. The summed E-state index contributed by atoms with van der Waals surface area (Å²) in [5.41, 5.74) is 1.92. The van der Waals surface area contributed by atoms with Crippen LogP contribution in [0.15, 0.2) is 47.1 Å². The average molecular weight is 309 g/mol. The minimum atomic E-state index is -0.0318. The maximum atomic E-state index is 12.8. The molecule has 1 aliphatic rings. The third-order valence-electron chi connectivity index (χ3n) is 4.47. The number of aryl methyl sites for hydroxylation is 1. The van der Waals surface area contributed by atoms with E-state index in [1.54, 1.807) is 6.20 Å². The molecule has 5 heteroatoms. The van der Waals surface area contributed by atoms with Gasteiger partial charge in [0, 0.05) is 30.9 Å². The molecule has 3 heterocycles. The van der Waals surface area contributed by atoms with Crippen LogP contribution in [0.25, 0.3) is 11.0 Å². The van der Waals surface area contributed by atoms with Crippen LogP contribution in [0.5, 0.6) is 0 Å². The molecule has 1 fully saturated rings. The first-order valence-electron chi connectivity index (χ1n) is 7.99. The van der Waals surface area contributed by atoms with Gasteiger partial charge in [0.05, 0.1) is 6.04 Å². The Morgan fingerprint density at radius 2 is 2.26 bits per heavy atom. The fourth-order valence-electron chi connectivity index (χ4n) is 3.28. The van der Waals surface area contributed by atoms with E-state index in [4.69, 9.17) is 4.42 Å². The van der Waals surface area contributed by atoms with Crippen molar-refractivity contribution in [2.45, 2.75) is 25.8 Å². The number of hydrogen-bond acceptors (Lipinski definition) is 3. The highest BCUT2D eigenvalue weighted by molar-refractivity contribution is 5.96. The van der Waals surface area contributed by atoms with Crippen molar-refractivity contribution in [1.82, 2.24) is 14.7 Å². The lowest BCUT2D eigenvalue weighted by Gasteiger charge is -2.32. The van der Waals surface area contributed by atoms with Crippen molar-refractivity contribution in [3.63, 3.8) is 0 Å². The second-order valence-corrected chi connectivity index (χ2v) is 6.19. The minimum absolute atomic E-state index is 0.0318. The fraction of sp³-hybridized carbons (Fsp3) is 0.333. The Balaban J connectivity index is 1.57. The van der Waals surface area contributed by atoms with E-state index >= 15 is 0 Å². The van der Waals surface area contributed by atoms with Gasteiger partial charge < -0.3 is 9.32 Å². The number of benzene rings is 1. The number of fused-ring (bicyclic) bond motifs is 1. The lowest BCUT2D eigenvalue weighted by Crippen LogP contribution is -2.40. The van der Waals surface area contributed by atoms with Gasteiger partial charge in [-0.1, -0.05) is 11.6 Å². The largest absolute Gasteiger partial charge is 0.451 e. The molecule has 1 saturated heterocycles. The second-order valence-electron chi connectivity index (χ2n) is 6.19. The first-order chi connectivity index (χ1) is 11.2. The number of likely N-dealkylation sites (tertiary alicyclic amines) is 1. The Labute approximate surface area is 134 Å². The van der Waals surface area contributed by atoms with Gasteiger partial charge in [-0.25, -0.2) is 0 Å². The molecule has 2 aromatic heterocycles. The van der Waals surface area contributed by atoms with E-state index in [1.165, 1.54) is 0 Å². The molecular weight excluding hydrogens is 290 g/mol. The van der Waals surface area contributed by atoms with Gasteiger partial charge in [0.1, 0.15) is 5.58 Å². The fourth-order valence-corrected chi connectivity index (χ4v) is 3.28. The normalized spacial score (nSPS) is 18.5. The van der Waals surface area contributed by atoms with E-state index in [-0.39, 0.29) is 11.9 Å². The highest BCUT2D eigenvalue weighted by atomic mass is 16.3. The molecule has 0 saturated carbocycles. The van der Waals surface area contributed by atoms with Crippen LogP contribution in [0, 0.1) is 6.92 Å². The van der Waals surface area contributed by atoms with E-state index in [0.717, 1.165) is 35.9 Å². The van der Waals surface area contributed by atoms with Gasteiger partial charge in [0.2, 0.25) is 0 Å². The topological polar surface area (TPSA) is 51.3 Å². The predicted molar refractivity (Wildman–Crippen MR) is 87.4 cm³/mol. The molecule has 1 atom stereocenters. The van der Waals surface area contributed by atoms with Gasteiger partial charge in [-0.2, -0.15) is 5.10 Å². The molecule has 0 spiro atoms. The highest BCUT2D eigenvalue weighted by Crippen LogP contribution is 2.25. The number of hydrogen-bond donors (Lipinski definition) is 0. The molecule has 5 nitrogen and oxygen atoms in total. The SMILES string of the molecule is Cc1ccc2oc(C(=O)N3CCC[C@H](n4cccn4)C3)cc2c1. The molecule has 4 rings (SSSR count). The van der Waals surface area contributed by atoms with Crippen molar-refractivity contribution in [2.75, 3.05) is 13.1 Å². The molecule has 0 aliphatic carbocycles. The van der Waals surface area contributed by atoms with E-state index in [9.17, 15) is 4.79 Å². The van der Waals surface area contributed by atoms with Crippen LogP contribution in [0.1, 0.15) is 35.0 Å². The zero-order valence-corrected chi connectivity index (χ0v) is 13.1. The van der Waals surface area contributed by atoms with Crippen LogP contribution in [-0.4, -0.2) is 33.7 Å². The number of rotatable bonds is 2. The number of carbonyl (C=O) groups excluding carboxylic acids is 1. The molecule has 0 radical (unpaired) electrons. The van der Waals surface area contributed by atoms with Crippen LogP contribution in [0.4, 0.5) is 0 Å². The summed E-state index contributed by atoms with van der Waals surface area (Å²) >= 11 is 0.